The summed E-state index contributed by atoms with van der Waals surface area (Å²) in [5.41, 5.74) is 3.01. The predicted octanol–water partition coefficient (Wildman–Crippen LogP) is 7.56. The zero-order valence-electron chi connectivity index (χ0n) is 20.2. The van der Waals surface area contributed by atoms with E-state index in [1.165, 1.54) is 11.1 Å². The maximum atomic E-state index is 6.12. The van der Waals surface area contributed by atoms with Crippen molar-refractivity contribution in [1.82, 2.24) is 10.1 Å². The molecule has 36 heavy (non-hydrogen) atoms. The first kappa shape index (κ1) is 23.7. The summed E-state index contributed by atoms with van der Waals surface area (Å²) in [7, 11) is 1.57. The molecule has 0 aliphatic heterocycles. The molecule has 0 N–H and O–H groups in total. The third kappa shape index (κ3) is 4.86. The second-order valence-electron chi connectivity index (χ2n) is 8.84. The third-order valence-electron chi connectivity index (χ3n) is 6.15. The molecule has 0 fully saturated rings. The number of nitrogens with zero attached hydrogens (tertiary/aromatic N) is 2. The van der Waals surface area contributed by atoms with Gasteiger partial charge in [-0.15, -0.1) is 0 Å². The van der Waals surface area contributed by atoms with Crippen LogP contribution in [0.5, 0.6) is 11.5 Å². The van der Waals surface area contributed by atoms with E-state index in [0.29, 0.717) is 33.7 Å². The lowest BCUT2D eigenvalue weighted by Crippen LogP contribution is -2.18. The van der Waals surface area contributed by atoms with Crippen molar-refractivity contribution in [3.8, 4) is 34.5 Å². The summed E-state index contributed by atoms with van der Waals surface area (Å²) < 4.78 is 22.6. The average molecular weight is 501 g/mol. The van der Waals surface area contributed by atoms with Crippen LogP contribution in [0.25, 0.3) is 23.0 Å². The van der Waals surface area contributed by atoms with Crippen molar-refractivity contribution in [2.75, 3.05) is 7.11 Å². The van der Waals surface area contributed by atoms with Gasteiger partial charge in [0.25, 0.3) is 5.89 Å². The third-order valence-corrected chi connectivity index (χ3v) is 6.39. The van der Waals surface area contributed by atoms with Crippen molar-refractivity contribution >= 4 is 11.6 Å². The Bertz CT molecular complexity index is 1460. The Labute approximate surface area is 214 Å². The Hall–Kier alpha value is -4.03. The Balaban J connectivity index is 1.25. The van der Waals surface area contributed by atoms with Crippen LogP contribution in [-0.2, 0) is 12.0 Å². The van der Waals surface area contributed by atoms with Gasteiger partial charge in [-0.1, -0.05) is 73.1 Å². The zero-order valence-corrected chi connectivity index (χ0v) is 21.0. The van der Waals surface area contributed by atoms with E-state index in [1.807, 2.05) is 24.3 Å². The van der Waals surface area contributed by atoms with E-state index in [9.17, 15) is 0 Å². The van der Waals surface area contributed by atoms with Crippen LogP contribution in [0.15, 0.2) is 93.9 Å². The highest BCUT2D eigenvalue weighted by molar-refractivity contribution is 6.30. The number of benzene rings is 3. The first-order chi connectivity index (χ1) is 17.4. The highest BCUT2D eigenvalue weighted by Crippen LogP contribution is 2.34. The van der Waals surface area contributed by atoms with Crippen molar-refractivity contribution in [1.29, 1.82) is 0 Å². The molecule has 5 rings (SSSR count). The van der Waals surface area contributed by atoms with E-state index in [4.69, 9.17) is 30.0 Å². The quantitative estimate of drug-likeness (QED) is 0.219. The van der Waals surface area contributed by atoms with Gasteiger partial charge in [0, 0.05) is 10.4 Å². The molecule has 0 aliphatic carbocycles. The van der Waals surface area contributed by atoms with Crippen LogP contribution in [-0.4, -0.2) is 17.3 Å². The smallest absolute Gasteiger partial charge is 0.293 e. The molecule has 0 unspecified atom stereocenters. The first-order valence-corrected chi connectivity index (χ1v) is 11.9. The van der Waals surface area contributed by atoms with Crippen molar-refractivity contribution < 1.29 is 18.4 Å². The van der Waals surface area contributed by atoms with E-state index in [1.54, 1.807) is 31.4 Å². The van der Waals surface area contributed by atoms with Crippen LogP contribution in [0.4, 0.5) is 0 Å². The fourth-order valence-corrected chi connectivity index (χ4v) is 4.17. The monoisotopic (exact) mass is 500 g/mol. The predicted molar refractivity (Wildman–Crippen MR) is 138 cm³/mol. The molecular weight excluding hydrogens is 476 g/mol. The van der Waals surface area contributed by atoms with Gasteiger partial charge < -0.3 is 18.4 Å². The minimum Gasteiger partial charge on any atom is -0.496 e. The summed E-state index contributed by atoms with van der Waals surface area (Å²) in [6, 6.07) is 27.4. The molecule has 0 saturated carbocycles. The van der Waals surface area contributed by atoms with Crippen LogP contribution in [0, 0.1) is 0 Å². The molecular formula is C29H25ClN2O4. The van der Waals surface area contributed by atoms with Crippen LogP contribution in [0.2, 0.25) is 5.02 Å². The molecule has 0 radical (unpaired) electrons. The number of furan rings is 1. The Morgan fingerprint density at radius 3 is 2.39 bits per heavy atom. The summed E-state index contributed by atoms with van der Waals surface area (Å²) in [6.07, 6.45) is 0. The van der Waals surface area contributed by atoms with Gasteiger partial charge in [0.2, 0.25) is 5.82 Å². The van der Waals surface area contributed by atoms with Gasteiger partial charge in [-0.2, -0.15) is 4.98 Å². The minimum absolute atomic E-state index is 0.103. The van der Waals surface area contributed by atoms with E-state index < -0.39 is 0 Å². The molecule has 0 bridgehead atoms. The van der Waals surface area contributed by atoms with Crippen LogP contribution in [0.3, 0.4) is 0 Å². The maximum absolute atomic E-state index is 6.12. The lowest BCUT2D eigenvalue weighted by Gasteiger charge is -2.26. The Morgan fingerprint density at radius 1 is 0.889 bits per heavy atom. The maximum Gasteiger partial charge on any atom is 0.293 e. The van der Waals surface area contributed by atoms with E-state index in [2.05, 4.69) is 60.4 Å². The molecule has 2 heterocycles. The molecule has 6 nitrogen and oxygen atoms in total. The van der Waals surface area contributed by atoms with Crippen molar-refractivity contribution in [3.63, 3.8) is 0 Å². The highest BCUT2D eigenvalue weighted by atomic mass is 35.5. The molecule has 2 aromatic heterocycles. The number of methoxy groups -OCH3 is 1. The normalized spacial score (nSPS) is 11.4. The molecule has 0 saturated heterocycles. The number of aromatic nitrogens is 2. The summed E-state index contributed by atoms with van der Waals surface area (Å²) in [4.78, 5) is 4.44. The minimum atomic E-state index is -0.103. The molecule has 0 spiro atoms. The highest BCUT2D eigenvalue weighted by Gasteiger charge is 2.23. The summed E-state index contributed by atoms with van der Waals surface area (Å²) in [6.45, 7) is 4.70. The lowest BCUT2D eigenvalue weighted by atomic mass is 9.78. The fraction of sp³-hybridized carbons (Fsp3) is 0.172. The topological polar surface area (TPSA) is 70.5 Å². The SMILES string of the molecule is COc1ccc(Cl)cc1-c1noc(-c2ccc(COc3ccc(C(C)(C)c4ccccc4)cc3)o2)n1. The van der Waals surface area contributed by atoms with Gasteiger partial charge in [-0.05, 0) is 53.6 Å². The second kappa shape index (κ2) is 9.91. The second-order valence-corrected chi connectivity index (χ2v) is 9.27. The van der Waals surface area contributed by atoms with E-state index in [0.717, 1.165) is 5.75 Å². The zero-order chi connectivity index (χ0) is 25.1. The van der Waals surface area contributed by atoms with Crippen LogP contribution in [0.1, 0.15) is 30.7 Å². The van der Waals surface area contributed by atoms with Crippen molar-refractivity contribution in [2.45, 2.75) is 25.9 Å². The Morgan fingerprint density at radius 2 is 1.64 bits per heavy atom. The molecule has 0 amide bonds. The average Bonchev–Trinajstić information content (AvgIpc) is 3.58. The Kier molecular flexibility index (Phi) is 6.53. The fourth-order valence-electron chi connectivity index (χ4n) is 4.00. The largest absolute Gasteiger partial charge is 0.496 e. The first-order valence-electron chi connectivity index (χ1n) is 11.5. The number of ether oxygens (including phenoxy) is 2. The molecule has 3 aromatic carbocycles. The van der Waals surface area contributed by atoms with Gasteiger partial charge in [-0.3, -0.25) is 0 Å². The van der Waals surface area contributed by atoms with Crippen LogP contribution < -0.4 is 9.47 Å². The van der Waals surface area contributed by atoms with Gasteiger partial charge >= 0.3 is 0 Å². The molecule has 0 atom stereocenters. The number of hydrogen-bond donors (Lipinski definition) is 0. The number of halogens is 1. The molecule has 5 aromatic rings. The lowest BCUT2D eigenvalue weighted by molar-refractivity contribution is 0.270. The van der Waals surface area contributed by atoms with Crippen LogP contribution >= 0.6 is 11.6 Å². The van der Waals surface area contributed by atoms with Gasteiger partial charge in [0.1, 0.15) is 23.9 Å². The standard InChI is InChI=1S/C29H25ClN2O4/c1-29(2,19-7-5-4-6-8-19)20-9-12-22(13-10-20)34-18-23-14-16-26(35-23)28-31-27(32-36-28)24-17-21(30)11-15-25(24)33-3/h4-17H,18H2,1-3H3. The summed E-state index contributed by atoms with van der Waals surface area (Å²) >= 11 is 6.12. The van der Waals surface area contributed by atoms with Gasteiger partial charge in [0.05, 0.1) is 12.7 Å². The number of rotatable bonds is 8. The van der Waals surface area contributed by atoms with Crippen molar-refractivity contribution in [2.24, 2.45) is 0 Å². The van der Waals surface area contributed by atoms with Gasteiger partial charge in [-0.25, -0.2) is 0 Å². The molecule has 182 valence electrons. The van der Waals surface area contributed by atoms with Crippen molar-refractivity contribution in [3.05, 3.63) is 107 Å². The van der Waals surface area contributed by atoms with E-state index >= 15 is 0 Å². The number of hydrogen-bond acceptors (Lipinski definition) is 6. The molecule has 0 aliphatic rings. The van der Waals surface area contributed by atoms with Gasteiger partial charge in [0.15, 0.2) is 5.76 Å². The summed E-state index contributed by atoms with van der Waals surface area (Å²) in [5, 5.41) is 4.60. The van der Waals surface area contributed by atoms with E-state index in [-0.39, 0.29) is 17.9 Å². The molecule has 7 heteroatoms. The summed E-state index contributed by atoms with van der Waals surface area (Å²) in [5.74, 6) is 3.06.